The smallest absolute Gasteiger partial charge is 0.265 e. The molecule has 36 heavy (non-hydrogen) atoms. The van der Waals surface area contributed by atoms with Crippen LogP contribution in [-0.4, -0.2) is 44.3 Å². The van der Waals surface area contributed by atoms with Gasteiger partial charge in [0.05, 0.1) is 10.6 Å². The molecule has 0 bridgehead atoms. The molecule has 7 nitrogen and oxygen atoms in total. The molecule has 8 heteroatoms. The normalized spacial score (nSPS) is 14.6. The first-order chi connectivity index (χ1) is 17.3. The first-order valence-corrected chi connectivity index (χ1v) is 13.9. The predicted molar refractivity (Wildman–Crippen MR) is 142 cm³/mol. The maximum absolute atomic E-state index is 13.5. The average Bonchev–Trinajstić information content (AvgIpc) is 3.08. The van der Waals surface area contributed by atoms with Crippen molar-refractivity contribution in [3.05, 3.63) is 71.8 Å². The molecule has 3 aromatic rings. The van der Waals surface area contributed by atoms with Crippen LogP contribution in [0.4, 0.5) is 5.69 Å². The zero-order chi connectivity index (χ0) is 25.9. The second-order valence-corrected chi connectivity index (χ2v) is 10.9. The predicted octanol–water partition coefficient (Wildman–Crippen LogP) is 4.38. The van der Waals surface area contributed by atoms with Crippen molar-refractivity contribution in [3.63, 3.8) is 0 Å². The number of rotatable bonds is 10. The summed E-state index contributed by atoms with van der Waals surface area (Å²) in [5, 5.41) is 4.46. The summed E-state index contributed by atoms with van der Waals surface area (Å²) in [7, 11) is -3.67. The number of sulfonamides is 1. The third-order valence-corrected chi connectivity index (χ3v) is 8.63. The highest BCUT2D eigenvalue weighted by Crippen LogP contribution is 2.42. The number of nitrogens with zero attached hydrogens (tertiary/aromatic N) is 2. The molecule has 0 aliphatic carbocycles. The van der Waals surface area contributed by atoms with Crippen molar-refractivity contribution >= 4 is 38.3 Å². The average molecular weight is 508 g/mol. The minimum absolute atomic E-state index is 0.139. The highest BCUT2D eigenvalue weighted by atomic mass is 32.2. The zero-order valence-corrected chi connectivity index (χ0v) is 21.8. The molecular weight excluding hydrogens is 474 g/mol. The molecule has 1 N–H and O–H groups in total. The molecule has 0 unspecified atom stereocenters. The van der Waals surface area contributed by atoms with E-state index in [-0.39, 0.29) is 24.8 Å². The van der Waals surface area contributed by atoms with Gasteiger partial charge in [0.25, 0.3) is 10.0 Å². The van der Waals surface area contributed by atoms with Gasteiger partial charge >= 0.3 is 0 Å². The van der Waals surface area contributed by atoms with Crippen molar-refractivity contribution in [2.75, 3.05) is 17.4 Å². The maximum Gasteiger partial charge on any atom is 0.265 e. The molecule has 4 rings (SSSR count). The van der Waals surface area contributed by atoms with E-state index in [2.05, 4.69) is 5.32 Å². The van der Waals surface area contributed by atoms with Gasteiger partial charge in [-0.15, -0.1) is 0 Å². The number of likely N-dealkylation sites (N-methyl/N-ethyl adjacent to an activating group) is 1. The van der Waals surface area contributed by atoms with Crippen molar-refractivity contribution in [2.45, 2.75) is 57.5 Å². The summed E-state index contributed by atoms with van der Waals surface area (Å²) in [5.41, 5.74) is 2.69. The van der Waals surface area contributed by atoms with Gasteiger partial charge in [-0.3, -0.25) is 13.9 Å². The third kappa shape index (κ3) is 4.82. The van der Waals surface area contributed by atoms with Gasteiger partial charge in [-0.1, -0.05) is 55.5 Å². The van der Waals surface area contributed by atoms with E-state index in [0.29, 0.717) is 36.5 Å². The van der Waals surface area contributed by atoms with Gasteiger partial charge in [0, 0.05) is 31.4 Å². The fourth-order valence-electron chi connectivity index (χ4n) is 4.90. The molecule has 3 aromatic carbocycles. The number of hydrogen-bond acceptors (Lipinski definition) is 4. The summed E-state index contributed by atoms with van der Waals surface area (Å²) in [6, 6.07) is 18.1. The van der Waals surface area contributed by atoms with E-state index in [1.807, 2.05) is 69.3 Å². The molecule has 0 saturated carbocycles. The Bertz CT molecular complexity index is 1380. The van der Waals surface area contributed by atoms with Gasteiger partial charge in [0.1, 0.15) is 6.04 Å². The zero-order valence-electron chi connectivity index (χ0n) is 21.0. The Morgan fingerprint density at radius 2 is 1.72 bits per heavy atom. The van der Waals surface area contributed by atoms with Gasteiger partial charge in [0.2, 0.25) is 11.8 Å². The SMILES string of the molecule is CCNC(=O)[C@@H](CC)N(Cc1ccccc1C)C(=O)CCCN1c2cccc3cccc(c23)S1(=O)=O. The Hall–Kier alpha value is -3.39. The number of carbonyl (C=O) groups excluding carboxylic acids is 2. The van der Waals surface area contributed by atoms with Crippen LogP contribution in [0.15, 0.2) is 65.6 Å². The lowest BCUT2D eigenvalue weighted by molar-refractivity contribution is -0.141. The summed E-state index contributed by atoms with van der Waals surface area (Å²) < 4.78 is 27.9. The highest BCUT2D eigenvalue weighted by Gasteiger charge is 2.35. The minimum Gasteiger partial charge on any atom is -0.355 e. The number of anilines is 1. The van der Waals surface area contributed by atoms with Gasteiger partial charge in [-0.25, -0.2) is 8.42 Å². The van der Waals surface area contributed by atoms with Crippen LogP contribution >= 0.6 is 0 Å². The number of aryl methyl sites for hydroxylation is 1. The van der Waals surface area contributed by atoms with E-state index in [9.17, 15) is 18.0 Å². The van der Waals surface area contributed by atoms with Gasteiger partial charge in [-0.2, -0.15) is 0 Å². The van der Waals surface area contributed by atoms with Crippen molar-refractivity contribution in [2.24, 2.45) is 0 Å². The summed E-state index contributed by atoms with van der Waals surface area (Å²) >= 11 is 0. The molecule has 1 heterocycles. The molecule has 0 fully saturated rings. The van der Waals surface area contributed by atoms with Crippen LogP contribution < -0.4 is 9.62 Å². The van der Waals surface area contributed by atoms with Crippen LogP contribution in [0.5, 0.6) is 0 Å². The molecule has 0 aromatic heterocycles. The number of hydrogen-bond donors (Lipinski definition) is 1. The second-order valence-electron chi connectivity index (χ2n) is 9.08. The Morgan fingerprint density at radius 1 is 1.00 bits per heavy atom. The first-order valence-electron chi connectivity index (χ1n) is 12.5. The fourth-order valence-corrected chi connectivity index (χ4v) is 6.65. The Kier molecular flexibility index (Phi) is 7.64. The van der Waals surface area contributed by atoms with E-state index < -0.39 is 16.1 Å². The minimum atomic E-state index is -3.67. The lowest BCUT2D eigenvalue weighted by atomic mass is 10.1. The molecule has 2 amide bonds. The number of carbonyl (C=O) groups is 2. The van der Waals surface area contributed by atoms with Crippen LogP contribution in [0.1, 0.15) is 44.2 Å². The monoisotopic (exact) mass is 507 g/mol. The fraction of sp³-hybridized carbons (Fsp3) is 0.357. The van der Waals surface area contributed by atoms with Crippen LogP contribution in [0.3, 0.4) is 0 Å². The van der Waals surface area contributed by atoms with Crippen LogP contribution in [0, 0.1) is 6.92 Å². The molecule has 190 valence electrons. The Balaban J connectivity index is 1.53. The van der Waals surface area contributed by atoms with E-state index in [1.54, 1.807) is 17.0 Å². The first kappa shape index (κ1) is 25.7. The van der Waals surface area contributed by atoms with Crippen LogP contribution in [0.25, 0.3) is 10.8 Å². The Labute approximate surface area is 213 Å². The molecule has 0 spiro atoms. The van der Waals surface area contributed by atoms with Crippen LogP contribution in [0.2, 0.25) is 0 Å². The lowest BCUT2D eigenvalue weighted by Gasteiger charge is -2.31. The lowest BCUT2D eigenvalue weighted by Crippen LogP contribution is -2.49. The quantitative estimate of drug-likeness (QED) is 0.441. The summed E-state index contributed by atoms with van der Waals surface area (Å²) in [5.74, 6) is -0.338. The summed E-state index contributed by atoms with van der Waals surface area (Å²) in [6.45, 7) is 6.74. The third-order valence-electron chi connectivity index (χ3n) is 6.77. The molecule has 0 radical (unpaired) electrons. The molecule has 1 aliphatic heterocycles. The maximum atomic E-state index is 13.5. The standard InChI is InChI=1S/C28H33N3O4S/c1-4-23(28(33)29-5-2)30(19-22-12-7-6-11-20(22)3)26(32)17-10-18-31-24-15-8-13-21-14-9-16-25(27(21)24)36(31,34)35/h6-9,11-16,23H,4-5,10,17-19H2,1-3H3,(H,29,33)/t23-/m1/s1. The van der Waals surface area contributed by atoms with Gasteiger partial charge in [0.15, 0.2) is 0 Å². The molecular formula is C28H33N3O4S. The van der Waals surface area contributed by atoms with E-state index in [1.165, 1.54) is 4.31 Å². The van der Waals surface area contributed by atoms with Crippen molar-refractivity contribution < 1.29 is 18.0 Å². The van der Waals surface area contributed by atoms with E-state index in [0.717, 1.165) is 21.9 Å². The second kappa shape index (κ2) is 10.7. The topological polar surface area (TPSA) is 86.8 Å². The van der Waals surface area contributed by atoms with Crippen molar-refractivity contribution in [1.82, 2.24) is 10.2 Å². The molecule has 1 aliphatic rings. The van der Waals surface area contributed by atoms with Gasteiger partial charge in [-0.05, 0) is 55.3 Å². The number of nitrogens with one attached hydrogen (secondary N) is 1. The van der Waals surface area contributed by atoms with Crippen molar-refractivity contribution in [1.29, 1.82) is 0 Å². The summed E-state index contributed by atoms with van der Waals surface area (Å²) in [4.78, 5) is 28.2. The number of amides is 2. The van der Waals surface area contributed by atoms with Gasteiger partial charge < -0.3 is 10.2 Å². The van der Waals surface area contributed by atoms with Crippen molar-refractivity contribution in [3.8, 4) is 0 Å². The number of benzene rings is 3. The Morgan fingerprint density at radius 3 is 2.42 bits per heavy atom. The highest BCUT2D eigenvalue weighted by molar-refractivity contribution is 7.93. The molecule has 1 atom stereocenters. The van der Waals surface area contributed by atoms with E-state index >= 15 is 0 Å². The summed E-state index contributed by atoms with van der Waals surface area (Å²) in [6.07, 6.45) is 0.972. The largest absolute Gasteiger partial charge is 0.355 e. The van der Waals surface area contributed by atoms with E-state index in [4.69, 9.17) is 0 Å². The van der Waals surface area contributed by atoms with Crippen LogP contribution in [-0.2, 0) is 26.2 Å². The molecule has 0 saturated heterocycles.